The molecule has 0 aliphatic carbocycles. The molecular formula is C10H17N3O2. The van der Waals surface area contributed by atoms with E-state index in [1.807, 2.05) is 17.8 Å². The number of methoxy groups -OCH3 is 1. The normalized spacial score (nSPS) is 10.5. The number of aryl methyl sites for hydroxylation is 1. The minimum Gasteiger partial charge on any atom is -0.468 e. The highest BCUT2D eigenvalue weighted by atomic mass is 16.5. The minimum atomic E-state index is -0.285. The molecule has 0 bridgehead atoms. The Hall–Kier alpha value is -1.52. The van der Waals surface area contributed by atoms with Gasteiger partial charge in [0.15, 0.2) is 0 Å². The van der Waals surface area contributed by atoms with Crippen molar-refractivity contribution in [3.8, 4) is 0 Å². The summed E-state index contributed by atoms with van der Waals surface area (Å²) in [5.74, 6) is -0.285. The molecule has 84 valence electrons. The fourth-order valence-electron chi connectivity index (χ4n) is 1.16. The maximum Gasteiger partial charge on any atom is 0.325 e. The smallest absolute Gasteiger partial charge is 0.325 e. The summed E-state index contributed by atoms with van der Waals surface area (Å²) in [6, 6.07) is 0.317. The Morgan fingerprint density at radius 1 is 1.67 bits per heavy atom. The van der Waals surface area contributed by atoms with Crippen LogP contribution in [0.25, 0.3) is 0 Å². The van der Waals surface area contributed by atoms with E-state index in [-0.39, 0.29) is 12.5 Å². The van der Waals surface area contributed by atoms with Crippen molar-refractivity contribution >= 4 is 11.7 Å². The van der Waals surface area contributed by atoms with Crippen LogP contribution in [-0.4, -0.2) is 29.4 Å². The van der Waals surface area contributed by atoms with E-state index >= 15 is 0 Å². The van der Waals surface area contributed by atoms with Crippen molar-refractivity contribution in [2.75, 3.05) is 19.0 Å². The average Bonchev–Trinajstić information content (AvgIpc) is 2.56. The Kier molecular flexibility index (Phi) is 3.71. The van der Waals surface area contributed by atoms with Crippen molar-refractivity contribution in [1.29, 1.82) is 0 Å². The van der Waals surface area contributed by atoms with E-state index in [4.69, 9.17) is 0 Å². The molecule has 1 aromatic heterocycles. The number of hydrogen-bond acceptors (Lipinski definition) is 4. The van der Waals surface area contributed by atoms with E-state index < -0.39 is 0 Å². The lowest BCUT2D eigenvalue weighted by Crippen LogP contribution is -2.15. The Morgan fingerprint density at radius 2 is 2.33 bits per heavy atom. The molecule has 0 fully saturated rings. The number of ether oxygens (including phenoxy) is 1. The van der Waals surface area contributed by atoms with E-state index in [1.165, 1.54) is 7.11 Å². The summed E-state index contributed by atoms with van der Waals surface area (Å²) in [5, 5.41) is 7.30. The van der Waals surface area contributed by atoms with Crippen LogP contribution in [-0.2, 0) is 9.53 Å². The van der Waals surface area contributed by atoms with E-state index in [1.54, 1.807) is 0 Å². The lowest BCUT2D eigenvalue weighted by atomic mass is 10.4. The third kappa shape index (κ3) is 2.97. The summed E-state index contributed by atoms with van der Waals surface area (Å²) in [5.41, 5.74) is 1.75. The first-order valence-electron chi connectivity index (χ1n) is 4.91. The molecule has 15 heavy (non-hydrogen) atoms. The van der Waals surface area contributed by atoms with Crippen molar-refractivity contribution in [2.45, 2.75) is 26.8 Å². The van der Waals surface area contributed by atoms with Crippen molar-refractivity contribution in [1.82, 2.24) is 9.78 Å². The molecule has 0 saturated heterocycles. The highest BCUT2D eigenvalue weighted by Gasteiger charge is 2.08. The van der Waals surface area contributed by atoms with Crippen LogP contribution in [0.15, 0.2) is 6.20 Å². The van der Waals surface area contributed by atoms with Gasteiger partial charge in [0, 0.05) is 12.2 Å². The van der Waals surface area contributed by atoms with Gasteiger partial charge in [-0.25, -0.2) is 0 Å². The molecule has 1 rings (SSSR count). The van der Waals surface area contributed by atoms with Gasteiger partial charge >= 0.3 is 5.97 Å². The number of esters is 1. The van der Waals surface area contributed by atoms with Gasteiger partial charge in [-0.05, 0) is 20.8 Å². The molecule has 0 atom stereocenters. The number of carbonyl (C=O) groups is 1. The second-order valence-electron chi connectivity index (χ2n) is 3.63. The summed E-state index contributed by atoms with van der Waals surface area (Å²) in [7, 11) is 1.37. The van der Waals surface area contributed by atoms with Crippen LogP contribution in [0.4, 0.5) is 5.69 Å². The molecule has 0 aromatic carbocycles. The first-order chi connectivity index (χ1) is 7.04. The van der Waals surface area contributed by atoms with Crippen LogP contribution in [0.2, 0.25) is 0 Å². The quantitative estimate of drug-likeness (QED) is 0.764. The minimum absolute atomic E-state index is 0.168. The molecule has 1 aromatic rings. The molecule has 0 radical (unpaired) electrons. The van der Waals surface area contributed by atoms with Crippen LogP contribution in [0.3, 0.4) is 0 Å². The first-order valence-corrected chi connectivity index (χ1v) is 4.91. The number of carbonyl (C=O) groups excluding carboxylic acids is 1. The molecule has 0 unspecified atom stereocenters. The standard InChI is InChI=1S/C10H17N3O2/c1-7(2)13-6-9(8(3)12-13)11-5-10(14)15-4/h6-7,11H,5H2,1-4H3. The molecule has 1 heterocycles. The van der Waals surface area contributed by atoms with Gasteiger partial charge in [-0.3, -0.25) is 9.48 Å². The van der Waals surface area contributed by atoms with Crippen LogP contribution in [0.1, 0.15) is 25.6 Å². The van der Waals surface area contributed by atoms with E-state index in [0.717, 1.165) is 11.4 Å². The first kappa shape index (κ1) is 11.6. The number of nitrogens with one attached hydrogen (secondary N) is 1. The van der Waals surface area contributed by atoms with Crippen molar-refractivity contribution in [3.63, 3.8) is 0 Å². The number of hydrogen-bond donors (Lipinski definition) is 1. The highest BCUT2D eigenvalue weighted by Crippen LogP contribution is 2.15. The Bertz CT molecular complexity index is 344. The van der Waals surface area contributed by atoms with Gasteiger partial charge in [0.2, 0.25) is 0 Å². The third-order valence-electron chi connectivity index (χ3n) is 2.10. The van der Waals surface area contributed by atoms with Crippen LogP contribution >= 0.6 is 0 Å². The predicted molar refractivity (Wildman–Crippen MR) is 57.9 cm³/mol. The molecule has 0 amide bonds. The molecule has 0 spiro atoms. The average molecular weight is 211 g/mol. The zero-order valence-corrected chi connectivity index (χ0v) is 9.57. The van der Waals surface area contributed by atoms with Gasteiger partial charge < -0.3 is 10.1 Å². The topological polar surface area (TPSA) is 56.1 Å². The Balaban J connectivity index is 2.65. The number of anilines is 1. The lowest BCUT2D eigenvalue weighted by molar-refractivity contribution is -0.138. The highest BCUT2D eigenvalue weighted by molar-refractivity contribution is 5.74. The molecule has 0 aliphatic rings. The van der Waals surface area contributed by atoms with Crippen LogP contribution in [0, 0.1) is 6.92 Å². The van der Waals surface area contributed by atoms with Crippen molar-refractivity contribution in [3.05, 3.63) is 11.9 Å². The van der Waals surface area contributed by atoms with Crippen molar-refractivity contribution < 1.29 is 9.53 Å². The van der Waals surface area contributed by atoms with Crippen LogP contribution in [0.5, 0.6) is 0 Å². The summed E-state index contributed by atoms with van der Waals surface area (Å²) in [6.07, 6.45) is 1.89. The number of rotatable bonds is 4. The second kappa shape index (κ2) is 4.82. The predicted octanol–water partition coefficient (Wildman–Crippen LogP) is 1.36. The van der Waals surface area contributed by atoms with Crippen molar-refractivity contribution in [2.24, 2.45) is 0 Å². The maximum atomic E-state index is 10.9. The summed E-state index contributed by atoms with van der Waals surface area (Å²) in [4.78, 5) is 10.9. The van der Waals surface area contributed by atoms with Gasteiger partial charge in [0.1, 0.15) is 6.54 Å². The van der Waals surface area contributed by atoms with E-state index in [2.05, 4.69) is 29.0 Å². The maximum absolute atomic E-state index is 10.9. The largest absolute Gasteiger partial charge is 0.468 e. The second-order valence-corrected chi connectivity index (χ2v) is 3.63. The number of nitrogens with zero attached hydrogens (tertiary/aromatic N) is 2. The molecule has 1 N–H and O–H groups in total. The Morgan fingerprint density at radius 3 is 2.80 bits per heavy atom. The van der Waals surface area contributed by atoms with E-state index in [0.29, 0.717) is 6.04 Å². The van der Waals surface area contributed by atoms with Gasteiger partial charge in [0.25, 0.3) is 0 Å². The molecular weight excluding hydrogens is 194 g/mol. The van der Waals surface area contributed by atoms with E-state index in [9.17, 15) is 4.79 Å². The lowest BCUT2D eigenvalue weighted by Gasteiger charge is -2.03. The molecule has 5 heteroatoms. The zero-order chi connectivity index (χ0) is 11.4. The summed E-state index contributed by atoms with van der Waals surface area (Å²) in [6.45, 7) is 6.17. The summed E-state index contributed by atoms with van der Waals surface area (Å²) < 4.78 is 6.39. The summed E-state index contributed by atoms with van der Waals surface area (Å²) >= 11 is 0. The molecule has 0 saturated carbocycles. The van der Waals surface area contributed by atoms with Gasteiger partial charge in [-0.2, -0.15) is 5.10 Å². The number of aromatic nitrogens is 2. The van der Waals surface area contributed by atoms with Crippen LogP contribution < -0.4 is 5.32 Å². The SMILES string of the molecule is COC(=O)CNc1cn(C(C)C)nc1C. The fraction of sp³-hybridized carbons (Fsp3) is 0.600. The van der Waals surface area contributed by atoms with Gasteiger partial charge in [-0.1, -0.05) is 0 Å². The molecule has 5 nitrogen and oxygen atoms in total. The Labute approximate surface area is 89.4 Å². The fourth-order valence-corrected chi connectivity index (χ4v) is 1.16. The third-order valence-corrected chi connectivity index (χ3v) is 2.10. The van der Waals surface area contributed by atoms with Gasteiger partial charge in [0.05, 0.1) is 18.5 Å². The molecule has 0 aliphatic heterocycles. The zero-order valence-electron chi connectivity index (χ0n) is 9.57. The van der Waals surface area contributed by atoms with Gasteiger partial charge in [-0.15, -0.1) is 0 Å². The monoisotopic (exact) mass is 211 g/mol.